The third-order valence-corrected chi connectivity index (χ3v) is 6.54. The Kier molecular flexibility index (Phi) is 4.57. The maximum atomic E-state index is 6.68. The lowest BCUT2D eigenvalue weighted by molar-refractivity contribution is 0.258. The molecule has 9 heteroatoms. The second-order valence-electron chi connectivity index (χ2n) is 8.42. The molecule has 1 aromatic carbocycles. The highest BCUT2D eigenvalue weighted by molar-refractivity contribution is 6.36. The number of rotatable bonds is 5. The van der Waals surface area contributed by atoms with Gasteiger partial charge >= 0.3 is 0 Å². The molecule has 0 N–H and O–H groups in total. The summed E-state index contributed by atoms with van der Waals surface area (Å²) in [5, 5.41) is 5.80. The lowest BCUT2D eigenvalue weighted by atomic mass is 10.2. The summed E-state index contributed by atoms with van der Waals surface area (Å²) < 4.78 is 7.52. The average molecular weight is 438 g/mol. The average Bonchev–Trinajstić information content (AvgIpc) is 3.36. The van der Waals surface area contributed by atoms with Crippen LogP contribution in [0.4, 0.5) is 5.82 Å². The highest BCUT2D eigenvalue weighted by atomic mass is 35.5. The molecule has 1 saturated carbocycles. The van der Waals surface area contributed by atoms with Crippen LogP contribution < -0.4 is 4.90 Å². The molecule has 6 rings (SSSR count). The van der Waals surface area contributed by atoms with Gasteiger partial charge in [0.1, 0.15) is 12.1 Å². The third-order valence-electron chi connectivity index (χ3n) is 6.23. The number of piperazine rings is 1. The normalized spacial score (nSPS) is 17.8. The minimum absolute atomic E-state index is 0.425. The van der Waals surface area contributed by atoms with E-state index >= 15 is 0 Å². The minimum Gasteiger partial charge on any atom is -0.353 e. The number of hydrogen-bond acceptors (Lipinski definition) is 7. The molecule has 2 fully saturated rings. The van der Waals surface area contributed by atoms with E-state index in [9.17, 15) is 0 Å². The molecule has 2 aliphatic rings. The molecule has 0 spiro atoms. The number of nitrogens with zero attached hydrogens (tertiary/aromatic N) is 7. The van der Waals surface area contributed by atoms with Crippen LogP contribution in [0.5, 0.6) is 0 Å². The van der Waals surface area contributed by atoms with E-state index in [1.165, 1.54) is 6.42 Å². The van der Waals surface area contributed by atoms with Crippen molar-refractivity contribution in [1.29, 1.82) is 0 Å². The van der Waals surface area contributed by atoms with Gasteiger partial charge in [0, 0.05) is 32.1 Å². The van der Waals surface area contributed by atoms with Gasteiger partial charge < -0.3 is 9.42 Å². The molecule has 0 radical (unpaired) electrons. The Labute approximate surface area is 184 Å². The van der Waals surface area contributed by atoms with Crippen LogP contribution in [0.25, 0.3) is 28.1 Å². The van der Waals surface area contributed by atoms with Crippen molar-refractivity contribution in [2.24, 2.45) is 0 Å². The summed E-state index contributed by atoms with van der Waals surface area (Å²) in [4.78, 5) is 19.1. The first kappa shape index (κ1) is 19.0. The van der Waals surface area contributed by atoms with Crippen molar-refractivity contribution < 1.29 is 4.52 Å². The Bertz CT molecular complexity index is 1250. The number of hydrogen-bond donors (Lipinski definition) is 0. The summed E-state index contributed by atoms with van der Waals surface area (Å²) in [6.45, 7) is 7.23. The topological polar surface area (TPSA) is 75.6 Å². The highest BCUT2D eigenvalue weighted by Gasteiger charge is 2.30. The van der Waals surface area contributed by atoms with Crippen molar-refractivity contribution in [3.05, 3.63) is 35.4 Å². The van der Waals surface area contributed by atoms with Crippen LogP contribution in [-0.2, 0) is 0 Å². The summed E-state index contributed by atoms with van der Waals surface area (Å²) >= 11 is 6.68. The van der Waals surface area contributed by atoms with E-state index in [0.29, 0.717) is 28.2 Å². The van der Waals surface area contributed by atoms with Crippen LogP contribution in [0.15, 0.2) is 29.0 Å². The number of halogens is 1. The molecule has 3 aromatic heterocycles. The number of benzene rings is 1. The van der Waals surface area contributed by atoms with E-state index in [1.807, 2.05) is 16.5 Å². The van der Waals surface area contributed by atoms with Gasteiger partial charge in [0.05, 0.1) is 15.9 Å². The maximum Gasteiger partial charge on any atom is 0.280 e. The van der Waals surface area contributed by atoms with Crippen LogP contribution in [0.2, 0.25) is 5.02 Å². The molecule has 0 bridgehead atoms. The Morgan fingerprint density at radius 2 is 1.97 bits per heavy atom. The molecule has 8 nitrogen and oxygen atoms in total. The summed E-state index contributed by atoms with van der Waals surface area (Å²) in [7, 11) is 0. The zero-order valence-electron chi connectivity index (χ0n) is 17.5. The first-order valence-corrected chi connectivity index (χ1v) is 11.4. The maximum absolute atomic E-state index is 6.68. The van der Waals surface area contributed by atoms with Crippen molar-refractivity contribution >= 4 is 34.0 Å². The lowest BCUT2D eigenvalue weighted by Gasteiger charge is -2.35. The largest absolute Gasteiger partial charge is 0.353 e. The Balaban J connectivity index is 1.48. The molecular formula is C22H24ClN7O. The predicted octanol–water partition coefficient (Wildman–Crippen LogP) is 4.00. The van der Waals surface area contributed by atoms with Gasteiger partial charge in [-0.15, -0.1) is 0 Å². The first-order chi connectivity index (χ1) is 15.2. The summed E-state index contributed by atoms with van der Waals surface area (Å²) in [5.74, 6) is 2.52. The standard InChI is InChI=1S/C22H24ClN7O/c1-2-8-28-9-11-29(12-10-28)20-17-15(23)4-3-5-16(17)30-13-24-18(21(30)26-20)22-25-19(27-31-22)14-6-7-14/h3-5,13-14H,2,6-12H2,1H3. The van der Waals surface area contributed by atoms with Crippen LogP contribution in [-0.4, -0.2) is 62.1 Å². The van der Waals surface area contributed by atoms with E-state index in [2.05, 4.69) is 37.9 Å². The second-order valence-corrected chi connectivity index (χ2v) is 8.82. The van der Waals surface area contributed by atoms with Crippen LogP contribution in [0, 0.1) is 0 Å². The first-order valence-electron chi connectivity index (χ1n) is 11.0. The predicted molar refractivity (Wildman–Crippen MR) is 120 cm³/mol. The summed E-state index contributed by atoms with van der Waals surface area (Å²) in [6, 6.07) is 5.94. The van der Waals surface area contributed by atoms with Crippen molar-refractivity contribution in [2.75, 3.05) is 37.6 Å². The number of anilines is 1. The minimum atomic E-state index is 0.425. The molecule has 31 heavy (non-hydrogen) atoms. The monoisotopic (exact) mass is 437 g/mol. The van der Waals surface area contributed by atoms with Crippen molar-refractivity contribution in [3.63, 3.8) is 0 Å². The van der Waals surface area contributed by atoms with Crippen LogP contribution in [0.1, 0.15) is 37.9 Å². The molecule has 1 saturated heterocycles. The van der Waals surface area contributed by atoms with E-state index in [4.69, 9.17) is 21.1 Å². The highest BCUT2D eigenvalue weighted by Crippen LogP contribution is 2.39. The smallest absolute Gasteiger partial charge is 0.280 e. The number of imidazole rings is 1. The molecule has 1 aliphatic carbocycles. The van der Waals surface area contributed by atoms with Crippen molar-refractivity contribution in [3.8, 4) is 11.6 Å². The van der Waals surface area contributed by atoms with E-state index in [1.54, 1.807) is 6.33 Å². The van der Waals surface area contributed by atoms with Gasteiger partial charge in [0.15, 0.2) is 17.2 Å². The van der Waals surface area contributed by atoms with Crippen molar-refractivity contribution in [2.45, 2.75) is 32.1 Å². The lowest BCUT2D eigenvalue weighted by Crippen LogP contribution is -2.47. The molecule has 0 atom stereocenters. The van der Waals surface area contributed by atoms with Gasteiger partial charge in [0.2, 0.25) is 0 Å². The van der Waals surface area contributed by atoms with Crippen LogP contribution >= 0.6 is 11.6 Å². The molecule has 4 aromatic rings. The third kappa shape index (κ3) is 3.25. The zero-order valence-corrected chi connectivity index (χ0v) is 18.2. The molecule has 1 aliphatic heterocycles. The molecule has 0 amide bonds. The fraction of sp³-hybridized carbons (Fsp3) is 0.455. The fourth-order valence-corrected chi connectivity index (χ4v) is 4.69. The Hall–Kier alpha value is -2.71. The van der Waals surface area contributed by atoms with Crippen LogP contribution in [0.3, 0.4) is 0 Å². The van der Waals surface area contributed by atoms with E-state index in [-0.39, 0.29) is 0 Å². The Morgan fingerprint density at radius 3 is 2.74 bits per heavy atom. The second kappa shape index (κ2) is 7.46. The number of aromatic nitrogens is 5. The van der Waals surface area contributed by atoms with E-state index in [0.717, 1.165) is 68.1 Å². The fourth-order valence-electron chi connectivity index (χ4n) is 4.43. The van der Waals surface area contributed by atoms with Gasteiger partial charge in [-0.25, -0.2) is 9.97 Å². The van der Waals surface area contributed by atoms with Crippen molar-refractivity contribution in [1.82, 2.24) is 29.4 Å². The number of fused-ring (bicyclic) bond motifs is 3. The van der Waals surface area contributed by atoms with E-state index < -0.39 is 0 Å². The quantitative estimate of drug-likeness (QED) is 0.467. The molecule has 4 heterocycles. The molecular weight excluding hydrogens is 414 g/mol. The van der Waals surface area contributed by atoms with Gasteiger partial charge in [-0.05, 0) is 37.9 Å². The molecule has 0 unspecified atom stereocenters. The summed E-state index contributed by atoms with van der Waals surface area (Å²) in [6.07, 6.45) is 5.18. The zero-order chi connectivity index (χ0) is 20.9. The Morgan fingerprint density at radius 1 is 1.13 bits per heavy atom. The summed E-state index contributed by atoms with van der Waals surface area (Å²) in [5.41, 5.74) is 2.31. The molecule has 160 valence electrons. The van der Waals surface area contributed by atoms with Gasteiger partial charge in [-0.3, -0.25) is 9.30 Å². The van der Waals surface area contributed by atoms with Gasteiger partial charge in [-0.1, -0.05) is 29.7 Å². The van der Waals surface area contributed by atoms with Gasteiger partial charge in [0.25, 0.3) is 5.89 Å². The SMILES string of the molecule is CCCN1CCN(c2nc3c(-c4nc(C5CC5)no4)ncn3c3cccc(Cl)c23)CC1. The van der Waals surface area contributed by atoms with Gasteiger partial charge in [-0.2, -0.15) is 4.98 Å².